The molecule has 0 radical (unpaired) electrons. The Bertz CT molecular complexity index is 422. The molecule has 7 nitrogen and oxygen atoms in total. The van der Waals surface area contributed by atoms with Gasteiger partial charge in [-0.05, 0) is 11.0 Å². The maximum atomic E-state index is 10.5. The number of nitrogens with two attached hydrogens (primary N) is 1. The van der Waals surface area contributed by atoms with Crippen molar-refractivity contribution < 1.29 is 9.72 Å². The Hall–Kier alpha value is -2.18. The number of H-pyrrole nitrogens is 1. The minimum Gasteiger partial charge on any atom is -0.369 e. The van der Waals surface area contributed by atoms with Gasteiger partial charge in [0.1, 0.15) is 0 Å². The van der Waals surface area contributed by atoms with Crippen LogP contribution < -0.4 is 5.73 Å². The molecule has 0 atom stereocenters. The van der Waals surface area contributed by atoms with Crippen molar-refractivity contribution in [3.63, 3.8) is 0 Å². The molecule has 1 aromatic rings. The maximum absolute atomic E-state index is 10.5. The lowest BCUT2D eigenvalue weighted by Gasteiger charge is -1.90. The lowest BCUT2D eigenvalue weighted by Crippen LogP contribution is -2.07. The van der Waals surface area contributed by atoms with Gasteiger partial charge in [0.2, 0.25) is 5.91 Å². The van der Waals surface area contributed by atoms with E-state index in [1.165, 1.54) is 12.2 Å². The van der Waals surface area contributed by atoms with Crippen LogP contribution in [0.1, 0.15) is 17.9 Å². The SMILES string of the molecule is Cc1nc(C=CCC(N)=O)c([N+](=O)[O-])[nH]1. The molecule has 0 aliphatic rings. The van der Waals surface area contributed by atoms with Crippen LogP contribution in [0.3, 0.4) is 0 Å². The smallest absolute Gasteiger partial charge is 0.348 e. The standard InChI is InChI=1S/C8H10N4O3/c1-5-10-6(3-2-4-7(9)13)8(11-5)12(14)15/h2-3H,4H2,1H3,(H2,9,13)(H,10,11). The number of amides is 1. The zero-order chi connectivity index (χ0) is 11.4. The molecule has 0 bridgehead atoms. The first kappa shape index (κ1) is 10.9. The summed E-state index contributed by atoms with van der Waals surface area (Å²) in [5.74, 6) is -0.241. The Morgan fingerprint density at radius 1 is 1.73 bits per heavy atom. The molecule has 0 aromatic carbocycles. The zero-order valence-electron chi connectivity index (χ0n) is 8.06. The normalized spacial score (nSPS) is 10.7. The minimum absolute atomic E-state index is 0.0308. The van der Waals surface area contributed by atoms with Crippen molar-refractivity contribution in [3.8, 4) is 0 Å². The lowest BCUT2D eigenvalue weighted by atomic mass is 10.3. The van der Waals surface area contributed by atoms with Gasteiger partial charge in [-0.1, -0.05) is 6.08 Å². The summed E-state index contributed by atoms with van der Waals surface area (Å²) in [5.41, 5.74) is 5.10. The van der Waals surface area contributed by atoms with Crippen molar-refractivity contribution in [3.05, 3.63) is 27.7 Å². The highest BCUT2D eigenvalue weighted by Crippen LogP contribution is 2.16. The van der Waals surface area contributed by atoms with E-state index in [1.807, 2.05) is 0 Å². The number of aryl methyl sites for hydroxylation is 1. The van der Waals surface area contributed by atoms with E-state index in [1.54, 1.807) is 6.92 Å². The van der Waals surface area contributed by atoms with Gasteiger partial charge in [-0.25, -0.2) is 9.97 Å². The molecule has 7 heteroatoms. The monoisotopic (exact) mass is 210 g/mol. The summed E-state index contributed by atoms with van der Waals surface area (Å²) in [6, 6.07) is 0. The Labute approximate surface area is 85.1 Å². The molecule has 0 aliphatic heterocycles. The third-order valence-corrected chi connectivity index (χ3v) is 1.61. The van der Waals surface area contributed by atoms with E-state index in [2.05, 4.69) is 9.97 Å². The van der Waals surface area contributed by atoms with E-state index in [0.717, 1.165) is 0 Å². The van der Waals surface area contributed by atoms with Crippen LogP contribution in [-0.2, 0) is 4.79 Å². The Morgan fingerprint density at radius 2 is 2.40 bits per heavy atom. The highest BCUT2D eigenvalue weighted by Gasteiger charge is 2.14. The van der Waals surface area contributed by atoms with Crippen LogP contribution >= 0.6 is 0 Å². The van der Waals surface area contributed by atoms with E-state index in [-0.39, 0.29) is 17.9 Å². The second-order valence-electron chi connectivity index (χ2n) is 2.89. The largest absolute Gasteiger partial charge is 0.369 e. The van der Waals surface area contributed by atoms with E-state index in [0.29, 0.717) is 5.82 Å². The molecule has 1 rings (SSSR count). The number of carbonyl (C=O) groups excluding carboxylic acids is 1. The molecule has 0 fully saturated rings. The number of carbonyl (C=O) groups is 1. The number of nitrogens with zero attached hydrogens (tertiary/aromatic N) is 2. The van der Waals surface area contributed by atoms with Crippen LogP contribution in [-0.4, -0.2) is 20.8 Å². The lowest BCUT2D eigenvalue weighted by molar-refractivity contribution is -0.389. The van der Waals surface area contributed by atoms with E-state index in [9.17, 15) is 14.9 Å². The fraction of sp³-hybridized carbons (Fsp3) is 0.250. The number of nitrogens with one attached hydrogen (secondary N) is 1. The summed E-state index contributed by atoms with van der Waals surface area (Å²) in [5, 5.41) is 10.5. The van der Waals surface area contributed by atoms with Gasteiger partial charge in [0, 0.05) is 13.3 Å². The van der Waals surface area contributed by atoms with Crippen LogP contribution in [0.4, 0.5) is 5.82 Å². The number of aromatic nitrogens is 2. The first-order valence-corrected chi connectivity index (χ1v) is 4.16. The van der Waals surface area contributed by atoms with Crippen LogP contribution in [0.2, 0.25) is 0 Å². The quantitative estimate of drug-likeness (QED) is 0.556. The molecule has 80 valence electrons. The summed E-state index contributed by atoms with van der Waals surface area (Å²) in [4.78, 5) is 26.8. The molecular weight excluding hydrogens is 200 g/mol. The molecule has 0 saturated carbocycles. The Morgan fingerprint density at radius 3 is 2.93 bits per heavy atom. The van der Waals surface area contributed by atoms with Gasteiger partial charge >= 0.3 is 5.82 Å². The molecule has 15 heavy (non-hydrogen) atoms. The number of hydrogen-bond donors (Lipinski definition) is 2. The first-order chi connectivity index (χ1) is 7.00. The molecule has 0 saturated heterocycles. The maximum Gasteiger partial charge on any atom is 0.348 e. The highest BCUT2D eigenvalue weighted by molar-refractivity contribution is 5.76. The van der Waals surface area contributed by atoms with Crippen molar-refractivity contribution in [1.82, 2.24) is 9.97 Å². The minimum atomic E-state index is -0.566. The van der Waals surface area contributed by atoms with Gasteiger partial charge in [0.15, 0.2) is 11.5 Å². The van der Waals surface area contributed by atoms with E-state index < -0.39 is 10.8 Å². The number of nitro groups is 1. The van der Waals surface area contributed by atoms with Gasteiger partial charge in [0.25, 0.3) is 0 Å². The molecule has 1 amide bonds. The molecule has 0 aliphatic carbocycles. The highest BCUT2D eigenvalue weighted by atomic mass is 16.6. The van der Waals surface area contributed by atoms with Crippen LogP contribution in [0.25, 0.3) is 6.08 Å². The number of aromatic amines is 1. The molecule has 3 N–H and O–H groups in total. The predicted molar refractivity (Wildman–Crippen MR) is 52.8 cm³/mol. The van der Waals surface area contributed by atoms with Gasteiger partial charge in [-0.2, -0.15) is 0 Å². The van der Waals surface area contributed by atoms with Crippen molar-refractivity contribution in [2.45, 2.75) is 13.3 Å². The average Bonchev–Trinajstić information content (AvgIpc) is 2.46. The topological polar surface area (TPSA) is 115 Å². The van der Waals surface area contributed by atoms with Crippen LogP contribution in [0, 0.1) is 17.0 Å². The van der Waals surface area contributed by atoms with E-state index >= 15 is 0 Å². The first-order valence-electron chi connectivity index (χ1n) is 4.16. The summed E-state index contributed by atoms with van der Waals surface area (Å²) in [6.45, 7) is 1.61. The van der Waals surface area contributed by atoms with Gasteiger partial charge in [-0.3, -0.25) is 4.79 Å². The Balaban J connectivity index is 2.88. The van der Waals surface area contributed by atoms with Gasteiger partial charge in [0.05, 0.1) is 0 Å². The Kier molecular flexibility index (Phi) is 3.17. The van der Waals surface area contributed by atoms with Crippen molar-refractivity contribution in [2.75, 3.05) is 0 Å². The average molecular weight is 210 g/mol. The molecule has 1 aromatic heterocycles. The number of rotatable bonds is 4. The molecule has 0 unspecified atom stereocenters. The number of primary amides is 1. The van der Waals surface area contributed by atoms with Crippen molar-refractivity contribution >= 4 is 17.8 Å². The zero-order valence-corrected chi connectivity index (χ0v) is 8.06. The van der Waals surface area contributed by atoms with Crippen molar-refractivity contribution in [1.29, 1.82) is 0 Å². The summed E-state index contributed by atoms with van der Waals surface area (Å²) < 4.78 is 0. The number of imidazole rings is 1. The predicted octanol–water partition coefficient (Wildman–Crippen LogP) is 0.515. The molecule has 1 heterocycles. The summed E-state index contributed by atoms with van der Waals surface area (Å²) >= 11 is 0. The van der Waals surface area contributed by atoms with Gasteiger partial charge < -0.3 is 15.8 Å². The second kappa shape index (κ2) is 4.36. The summed E-state index contributed by atoms with van der Waals surface area (Å²) in [6.07, 6.45) is 2.86. The van der Waals surface area contributed by atoms with Crippen molar-refractivity contribution in [2.24, 2.45) is 5.73 Å². The third-order valence-electron chi connectivity index (χ3n) is 1.61. The second-order valence-corrected chi connectivity index (χ2v) is 2.89. The van der Waals surface area contributed by atoms with E-state index in [4.69, 9.17) is 5.73 Å². The van der Waals surface area contributed by atoms with Crippen LogP contribution in [0.5, 0.6) is 0 Å². The molecular formula is C8H10N4O3. The summed E-state index contributed by atoms with van der Waals surface area (Å²) in [7, 11) is 0. The third kappa shape index (κ3) is 2.90. The fourth-order valence-electron chi connectivity index (χ4n) is 1.04. The number of hydrogen-bond acceptors (Lipinski definition) is 4. The molecule has 0 spiro atoms. The van der Waals surface area contributed by atoms with Crippen LogP contribution in [0.15, 0.2) is 6.08 Å². The van der Waals surface area contributed by atoms with Gasteiger partial charge in [-0.15, -0.1) is 0 Å². The fourth-order valence-corrected chi connectivity index (χ4v) is 1.04.